The number of aryl methyl sites for hydroxylation is 2. The topological polar surface area (TPSA) is 79.0 Å². The molecule has 136 valence electrons. The highest BCUT2D eigenvalue weighted by Gasteiger charge is 2.29. The monoisotopic (exact) mass is 366 g/mol. The van der Waals surface area contributed by atoms with Gasteiger partial charge in [-0.1, -0.05) is 6.92 Å². The molecule has 0 saturated carbocycles. The summed E-state index contributed by atoms with van der Waals surface area (Å²) in [6, 6.07) is 2.94. The molecule has 1 fully saturated rings. The number of benzene rings is 1. The Hall–Kier alpha value is -1.89. The number of sulfone groups is 1. The van der Waals surface area contributed by atoms with Gasteiger partial charge in [-0.05, 0) is 48.9 Å². The molecule has 1 aliphatic rings. The summed E-state index contributed by atoms with van der Waals surface area (Å²) in [4.78, 5) is 15.4. The van der Waals surface area contributed by atoms with Gasteiger partial charge in [-0.3, -0.25) is 4.79 Å². The van der Waals surface area contributed by atoms with Gasteiger partial charge >= 0.3 is 0 Å². The van der Waals surface area contributed by atoms with Crippen LogP contribution in [0, 0.1) is 18.7 Å². The van der Waals surface area contributed by atoms with Gasteiger partial charge < -0.3 is 10.3 Å². The Labute approximate surface area is 146 Å². The van der Waals surface area contributed by atoms with Crippen molar-refractivity contribution in [3.05, 3.63) is 34.8 Å². The predicted octanol–water partition coefficient (Wildman–Crippen LogP) is 2.62. The molecule has 3 rings (SSSR count). The van der Waals surface area contributed by atoms with Gasteiger partial charge in [0.2, 0.25) is 5.91 Å². The van der Waals surface area contributed by atoms with Crippen molar-refractivity contribution in [2.45, 2.75) is 39.7 Å². The van der Waals surface area contributed by atoms with Gasteiger partial charge in [-0.15, -0.1) is 0 Å². The molecule has 1 unspecified atom stereocenters. The summed E-state index contributed by atoms with van der Waals surface area (Å²) in [7, 11) is -2.98. The maximum atomic E-state index is 13.9. The van der Waals surface area contributed by atoms with Crippen molar-refractivity contribution in [1.29, 1.82) is 0 Å². The zero-order valence-electron chi connectivity index (χ0n) is 14.5. The number of amides is 1. The van der Waals surface area contributed by atoms with E-state index in [1.54, 1.807) is 0 Å². The summed E-state index contributed by atoms with van der Waals surface area (Å²) >= 11 is 0. The summed E-state index contributed by atoms with van der Waals surface area (Å²) in [6.45, 7) is 4.21. The molecule has 0 bridgehead atoms. The Morgan fingerprint density at radius 2 is 2.16 bits per heavy atom. The van der Waals surface area contributed by atoms with E-state index in [1.807, 2.05) is 13.8 Å². The van der Waals surface area contributed by atoms with Gasteiger partial charge in [0.15, 0.2) is 9.84 Å². The molecular formula is C18H23FN2O3S. The van der Waals surface area contributed by atoms with E-state index in [-0.39, 0.29) is 42.1 Å². The van der Waals surface area contributed by atoms with E-state index in [4.69, 9.17) is 0 Å². The van der Waals surface area contributed by atoms with Crippen molar-refractivity contribution in [2.75, 3.05) is 11.5 Å². The number of halogens is 1. The lowest BCUT2D eigenvalue weighted by atomic mass is 10.0. The number of nitrogens with one attached hydrogen (secondary N) is 2. The van der Waals surface area contributed by atoms with Crippen molar-refractivity contribution in [3.8, 4) is 0 Å². The fraction of sp³-hybridized carbons (Fsp3) is 0.500. The van der Waals surface area contributed by atoms with Crippen molar-refractivity contribution in [3.63, 3.8) is 0 Å². The van der Waals surface area contributed by atoms with E-state index in [1.165, 1.54) is 12.1 Å². The van der Waals surface area contributed by atoms with Crippen molar-refractivity contribution < 1.29 is 17.6 Å². The van der Waals surface area contributed by atoms with Gasteiger partial charge in [-0.2, -0.15) is 0 Å². The molecule has 2 aromatic rings. The van der Waals surface area contributed by atoms with Crippen LogP contribution in [0.15, 0.2) is 12.1 Å². The molecule has 5 nitrogen and oxygen atoms in total. The van der Waals surface area contributed by atoms with E-state index in [0.717, 1.165) is 28.6 Å². The summed E-state index contributed by atoms with van der Waals surface area (Å²) in [5.74, 6) is -0.393. The fourth-order valence-electron chi connectivity index (χ4n) is 3.57. The Bertz CT molecular complexity index is 918. The number of H-pyrrole nitrogens is 1. The number of aromatic nitrogens is 1. The van der Waals surface area contributed by atoms with Crippen LogP contribution in [0.2, 0.25) is 0 Å². The van der Waals surface area contributed by atoms with Crippen LogP contribution in [-0.2, 0) is 27.6 Å². The van der Waals surface area contributed by atoms with Crippen LogP contribution in [0.4, 0.5) is 4.39 Å². The first-order valence-electron chi connectivity index (χ1n) is 8.55. The number of rotatable bonds is 5. The first-order chi connectivity index (χ1) is 11.8. The molecule has 0 spiro atoms. The van der Waals surface area contributed by atoms with Gasteiger partial charge in [0, 0.05) is 24.0 Å². The minimum absolute atomic E-state index is 0.0836. The highest BCUT2D eigenvalue weighted by atomic mass is 32.2. The summed E-state index contributed by atoms with van der Waals surface area (Å²) in [5, 5.41) is 3.63. The Balaban J connectivity index is 1.71. The number of hydrogen-bond acceptors (Lipinski definition) is 3. The molecule has 1 saturated heterocycles. The molecule has 1 aromatic carbocycles. The minimum Gasteiger partial charge on any atom is -0.358 e. The minimum atomic E-state index is -2.98. The number of aromatic amines is 1. The third-order valence-electron chi connectivity index (χ3n) is 4.95. The lowest BCUT2D eigenvalue weighted by Crippen LogP contribution is -2.25. The summed E-state index contributed by atoms with van der Waals surface area (Å²) < 4.78 is 36.9. The molecule has 2 N–H and O–H groups in total. The van der Waals surface area contributed by atoms with Crippen LogP contribution < -0.4 is 5.32 Å². The molecule has 7 heteroatoms. The average molecular weight is 366 g/mol. The molecule has 2 heterocycles. The smallest absolute Gasteiger partial charge is 0.220 e. The zero-order valence-corrected chi connectivity index (χ0v) is 15.3. The Morgan fingerprint density at radius 3 is 2.80 bits per heavy atom. The van der Waals surface area contributed by atoms with Crippen LogP contribution in [0.1, 0.15) is 36.6 Å². The van der Waals surface area contributed by atoms with Crippen LogP contribution in [-0.4, -0.2) is 30.8 Å². The van der Waals surface area contributed by atoms with Gasteiger partial charge in [0.1, 0.15) is 5.82 Å². The van der Waals surface area contributed by atoms with E-state index in [9.17, 15) is 17.6 Å². The zero-order chi connectivity index (χ0) is 18.2. The van der Waals surface area contributed by atoms with Crippen LogP contribution in [0.5, 0.6) is 0 Å². The van der Waals surface area contributed by atoms with Crippen LogP contribution in [0.3, 0.4) is 0 Å². The lowest BCUT2D eigenvalue weighted by Gasteiger charge is -2.10. The van der Waals surface area contributed by atoms with E-state index < -0.39 is 9.84 Å². The van der Waals surface area contributed by atoms with E-state index in [2.05, 4.69) is 10.3 Å². The van der Waals surface area contributed by atoms with Crippen molar-refractivity contribution in [1.82, 2.24) is 10.3 Å². The van der Waals surface area contributed by atoms with Crippen molar-refractivity contribution in [2.24, 2.45) is 5.92 Å². The quantitative estimate of drug-likeness (QED) is 0.854. The molecule has 25 heavy (non-hydrogen) atoms. The molecule has 1 aromatic heterocycles. The van der Waals surface area contributed by atoms with Crippen LogP contribution >= 0.6 is 0 Å². The summed E-state index contributed by atoms with van der Waals surface area (Å²) in [5.41, 5.74) is 3.63. The number of carbonyl (C=O) groups is 1. The fourth-order valence-corrected chi connectivity index (χ4v) is 5.43. The van der Waals surface area contributed by atoms with E-state index >= 15 is 0 Å². The second kappa shape index (κ2) is 6.78. The molecule has 0 aliphatic carbocycles. The maximum Gasteiger partial charge on any atom is 0.220 e. The highest BCUT2D eigenvalue weighted by molar-refractivity contribution is 7.91. The van der Waals surface area contributed by atoms with Gasteiger partial charge in [-0.25, -0.2) is 12.8 Å². The molecule has 1 aliphatic heterocycles. The number of hydrogen-bond donors (Lipinski definition) is 2. The molecule has 1 amide bonds. The largest absolute Gasteiger partial charge is 0.358 e. The Kier molecular flexibility index (Phi) is 4.86. The molecule has 1 atom stereocenters. The second-order valence-corrected chi connectivity index (χ2v) is 9.05. The summed E-state index contributed by atoms with van der Waals surface area (Å²) in [6.07, 6.45) is 1.56. The average Bonchev–Trinajstić information content (AvgIpc) is 3.04. The maximum absolute atomic E-state index is 13.9. The molecular weight excluding hydrogens is 343 g/mol. The normalized spacial score (nSPS) is 19.4. The number of fused-ring (bicyclic) bond motifs is 1. The lowest BCUT2D eigenvalue weighted by molar-refractivity contribution is -0.122. The SMILES string of the molecule is CCc1[nH]c2c(CNC(=O)CC3CCS(=O)(=O)C3)cc(F)cc2c1C. The van der Waals surface area contributed by atoms with Crippen molar-refractivity contribution >= 4 is 26.6 Å². The highest BCUT2D eigenvalue weighted by Crippen LogP contribution is 2.27. The van der Waals surface area contributed by atoms with E-state index in [0.29, 0.717) is 12.0 Å². The van der Waals surface area contributed by atoms with Gasteiger partial charge in [0.05, 0.1) is 17.0 Å². The van der Waals surface area contributed by atoms with Gasteiger partial charge in [0.25, 0.3) is 0 Å². The van der Waals surface area contributed by atoms with Crippen LogP contribution in [0.25, 0.3) is 10.9 Å². The predicted molar refractivity (Wildman–Crippen MR) is 95.6 cm³/mol. The third-order valence-corrected chi connectivity index (χ3v) is 6.78. The molecule has 0 radical (unpaired) electrons. The first kappa shape index (κ1) is 17.9. The third kappa shape index (κ3) is 3.86. The Morgan fingerprint density at radius 1 is 1.40 bits per heavy atom. The first-order valence-corrected chi connectivity index (χ1v) is 10.4. The number of carbonyl (C=O) groups excluding carboxylic acids is 1. The second-order valence-electron chi connectivity index (χ2n) is 6.82. The standard InChI is InChI=1S/C18H23FN2O3S/c1-3-16-11(2)15-8-14(19)7-13(18(15)21-16)9-20-17(22)6-12-4-5-25(23,24)10-12/h7-8,12,21H,3-6,9-10H2,1-2H3,(H,20,22).